The Labute approximate surface area is 112 Å². The Hall–Kier alpha value is -1.88. The average Bonchev–Trinajstić information content (AvgIpc) is 2.41. The number of nitrogens with two attached hydrogens (primary N) is 1. The maximum Gasteiger partial charge on any atom is 0.251 e. The van der Waals surface area contributed by atoms with Crippen molar-refractivity contribution in [3.8, 4) is 0 Å². The monoisotopic (exact) mass is 261 g/mol. The molecule has 5 heteroatoms. The lowest BCUT2D eigenvalue weighted by molar-refractivity contribution is -0.119. The Kier molecular flexibility index (Phi) is 4.52. The highest BCUT2D eigenvalue weighted by Crippen LogP contribution is 2.10. The number of rotatable bonds is 4. The molecule has 19 heavy (non-hydrogen) atoms. The van der Waals surface area contributed by atoms with Crippen molar-refractivity contribution in [1.29, 1.82) is 0 Å². The fourth-order valence-corrected chi connectivity index (χ4v) is 2.31. The summed E-state index contributed by atoms with van der Waals surface area (Å²) in [7, 11) is 0. The number of amides is 2. The number of carbonyl (C=O) groups excluding carboxylic acids is 2. The molecule has 0 unspecified atom stereocenters. The van der Waals surface area contributed by atoms with Crippen molar-refractivity contribution in [3.05, 3.63) is 35.9 Å². The third-order valence-electron chi connectivity index (χ3n) is 3.34. The molecule has 5 nitrogen and oxygen atoms in total. The summed E-state index contributed by atoms with van der Waals surface area (Å²) in [6.07, 6.45) is 1.71. The standard InChI is InChI=1S/C14H19N3O2/c15-13(18)10-17-8-6-12(7-9-17)16-14(19)11-4-2-1-3-5-11/h1-5,12H,6-10H2,(H2,15,18)(H,16,19). The quantitative estimate of drug-likeness (QED) is 0.822. The van der Waals surface area contributed by atoms with Gasteiger partial charge in [-0.2, -0.15) is 0 Å². The van der Waals surface area contributed by atoms with Crippen molar-refractivity contribution in [2.75, 3.05) is 19.6 Å². The van der Waals surface area contributed by atoms with Gasteiger partial charge in [-0.3, -0.25) is 14.5 Å². The van der Waals surface area contributed by atoms with E-state index in [1.54, 1.807) is 12.1 Å². The van der Waals surface area contributed by atoms with Crippen LogP contribution in [0.2, 0.25) is 0 Å². The van der Waals surface area contributed by atoms with Gasteiger partial charge in [0.25, 0.3) is 5.91 Å². The minimum absolute atomic E-state index is 0.0334. The van der Waals surface area contributed by atoms with E-state index in [-0.39, 0.29) is 17.9 Å². The molecule has 1 fully saturated rings. The lowest BCUT2D eigenvalue weighted by Gasteiger charge is -2.31. The number of benzene rings is 1. The van der Waals surface area contributed by atoms with Crippen molar-refractivity contribution in [2.24, 2.45) is 5.73 Å². The van der Waals surface area contributed by atoms with Crippen LogP contribution in [-0.2, 0) is 4.79 Å². The van der Waals surface area contributed by atoms with Gasteiger partial charge in [-0.1, -0.05) is 18.2 Å². The van der Waals surface area contributed by atoms with E-state index in [1.807, 2.05) is 23.1 Å². The zero-order valence-electron chi connectivity index (χ0n) is 10.8. The fraction of sp³-hybridized carbons (Fsp3) is 0.429. The normalized spacial score (nSPS) is 17.1. The Morgan fingerprint density at radius 1 is 1.21 bits per heavy atom. The third-order valence-corrected chi connectivity index (χ3v) is 3.34. The Bertz CT molecular complexity index is 439. The molecule has 1 aliphatic heterocycles. The molecular weight excluding hydrogens is 242 g/mol. The van der Waals surface area contributed by atoms with E-state index in [0.29, 0.717) is 12.1 Å². The van der Waals surface area contributed by atoms with E-state index in [1.165, 1.54) is 0 Å². The minimum atomic E-state index is -0.299. The van der Waals surface area contributed by atoms with Crippen LogP contribution >= 0.6 is 0 Å². The van der Waals surface area contributed by atoms with Crippen LogP contribution in [0.25, 0.3) is 0 Å². The maximum atomic E-state index is 12.0. The van der Waals surface area contributed by atoms with Crippen LogP contribution in [0.5, 0.6) is 0 Å². The molecule has 0 spiro atoms. The summed E-state index contributed by atoms with van der Waals surface area (Å²) in [5.41, 5.74) is 5.85. The van der Waals surface area contributed by atoms with Gasteiger partial charge in [0.15, 0.2) is 0 Å². The lowest BCUT2D eigenvalue weighted by atomic mass is 10.0. The number of nitrogens with one attached hydrogen (secondary N) is 1. The van der Waals surface area contributed by atoms with Crippen LogP contribution in [0.1, 0.15) is 23.2 Å². The topological polar surface area (TPSA) is 75.4 Å². The Morgan fingerprint density at radius 2 is 1.84 bits per heavy atom. The molecule has 1 aromatic rings. The first-order valence-electron chi connectivity index (χ1n) is 6.52. The van der Waals surface area contributed by atoms with Gasteiger partial charge >= 0.3 is 0 Å². The van der Waals surface area contributed by atoms with Gasteiger partial charge in [-0.15, -0.1) is 0 Å². The summed E-state index contributed by atoms with van der Waals surface area (Å²) >= 11 is 0. The fourth-order valence-electron chi connectivity index (χ4n) is 2.31. The molecule has 102 valence electrons. The van der Waals surface area contributed by atoms with E-state index in [0.717, 1.165) is 25.9 Å². The number of hydrogen-bond acceptors (Lipinski definition) is 3. The molecule has 0 aromatic heterocycles. The van der Waals surface area contributed by atoms with E-state index >= 15 is 0 Å². The predicted octanol–water partition coefficient (Wildman–Crippen LogP) is 0.366. The molecule has 1 aliphatic rings. The van der Waals surface area contributed by atoms with Gasteiger partial charge in [0, 0.05) is 24.7 Å². The van der Waals surface area contributed by atoms with Gasteiger partial charge < -0.3 is 11.1 Å². The predicted molar refractivity (Wildman–Crippen MR) is 72.6 cm³/mol. The lowest BCUT2D eigenvalue weighted by Crippen LogP contribution is -2.46. The second-order valence-corrected chi connectivity index (χ2v) is 4.86. The van der Waals surface area contributed by atoms with E-state index in [4.69, 9.17) is 5.73 Å². The molecule has 3 N–H and O–H groups in total. The molecule has 2 amide bonds. The molecule has 0 bridgehead atoms. The summed E-state index contributed by atoms with van der Waals surface area (Å²) in [5, 5.41) is 3.03. The number of likely N-dealkylation sites (tertiary alicyclic amines) is 1. The van der Waals surface area contributed by atoms with Crippen LogP contribution in [0.15, 0.2) is 30.3 Å². The molecule has 1 saturated heterocycles. The summed E-state index contributed by atoms with van der Waals surface area (Å²) in [4.78, 5) is 24.8. The van der Waals surface area contributed by atoms with Crippen molar-refractivity contribution < 1.29 is 9.59 Å². The van der Waals surface area contributed by atoms with Gasteiger partial charge in [0.1, 0.15) is 0 Å². The third kappa shape index (κ3) is 4.06. The minimum Gasteiger partial charge on any atom is -0.369 e. The highest BCUT2D eigenvalue weighted by molar-refractivity contribution is 5.94. The van der Waals surface area contributed by atoms with Gasteiger partial charge in [-0.05, 0) is 25.0 Å². The van der Waals surface area contributed by atoms with Crippen molar-refractivity contribution in [2.45, 2.75) is 18.9 Å². The summed E-state index contributed by atoms with van der Waals surface area (Å²) in [5.74, 6) is -0.333. The van der Waals surface area contributed by atoms with Crippen molar-refractivity contribution in [1.82, 2.24) is 10.2 Å². The zero-order chi connectivity index (χ0) is 13.7. The van der Waals surface area contributed by atoms with Crippen LogP contribution < -0.4 is 11.1 Å². The first-order chi connectivity index (χ1) is 9.15. The van der Waals surface area contributed by atoms with E-state index in [9.17, 15) is 9.59 Å². The summed E-state index contributed by atoms with van der Waals surface area (Å²) in [6.45, 7) is 1.89. The first kappa shape index (κ1) is 13.5. The smallest absolute Gasteiger partial charge is 0.251 e. The molecule has 0 aliphatic carbocycles. The number of piperidine rings is 1. The van der Waals surface area contributed by atoms with Crippen LogP contribution in [0, 0.1) is 0 Å². The Morgan fingerprint density at radius 3 is 2.42 bits per heavy atom. The average molecular weight is 261 g/mol. The molecular formula is C14H19N3O2. The highest BCUT2D eigenvalue weighted by atomic mass is 16.2. The number of nitrogens with zero attached hydrogens (tertiary/aromatic N) is 1. The van der Waals surface area contributed by atoms with Gasteiger partial charge in [-0.25, -0.2) is 0 Å². The largest absolute Gasteiger partial charge is 0.369 e. The van der Waals surface area contributed by atoms with E-state index < -0.39 is 0 Å². The molecule has 1 aromatic carbocycles. The molecule has 0 saturated carbocycles. The second-order valence-electron chi connectivity index (χ2n) is 4.86. The summed E-state index contributed by atoms with van der Waals surface area (Å²) < 4.78 is 0. The SMILES string of the molecule is NC(=O)CN1CCC(NC(=O)c2ccccc2)CC1. The second kappa shape index (κ2) is 6.33. The van der Waals surface area contributed by atoms with E-state index in [2.05, 4.69) is 5.32 Å². The maximum absolute atomic E-state index is 12.0. The van der Waals surface area contributed by atoms with Crippen LogP contribution in [0.3, 0.4) is 0 Å². The van der Waals surface area contributed by atoms with Crippen molar-refractivity contribution in [3.63, 3.8) is 0 Å². The molecule has 1 heterocycles. The number of carbonyl (C=O) groups is 2. The number of primary amides is 1. The van der Waals surface area contributed by atoms with Gasteiger partial charge in [0.05, 0.1) is 6.54 Å². The van der Waals surface area contributed by atoms with Crippen LogP contribution in [-0.4, -0.2) is 42.4 Å². The van der Waals surface area contributed by atoms with Gasteiger partial charge in [0.2, 0.25) is 5.91 Å². The molecule has 2 rings (SSSR count). The molecule has 0 atom stereocenters. The highest BCUT2D eigenvalue weighted by Gasteiger charge is 2.21. The van der Waals surface area contributed by atoms with Crippen LogP contribution in [0.4, 0.5) is 0 Å². The Balaban J connectivity index is 1.80. The number of hydrogen-bond donors (Lipinski definition) is 2. The zero-order valence-corrected chi connectivity index (χ0v) is 10.8. The summed E-state index contributed by atoms with van der Waals surface area (Å²) in [6, 6.07) is 9.38. The molecule has 0 radical (unpaired) electrons. The van der Waals surface area contributed by atoms with Crippen molar-refractivity contribution >= 4 is 11.8 Å². The first-order valence-corrected chi connectivity index (χ1v) is 6.52.